The molecule has 0 unspecified atom stereocenters. The van der Waals surface area contributed by atoms with Crippen LogP contribution in [0.2, 0.25) is 0 Å². The molecule has 0 bridgehead atoms. The minimum Gasteiger partial charge on any atom is -0.483 e. The Morgan fingerprint density at radius 2 is 1.69 bits per heavy atom. The third-order valence-corrected chi connectivity index (χ3v) is 5.73. The monoisotopic (exact) mass is 502 g/mol. The van der Waals surface area contributed by atoms with Crippen molar-refractivity contribution in [3.63, 3.8) is 0 Å². The smallest absolute Gasteiger partial charge is 0.261 e. The summed E-state index contributed by atoms with van der Waals surface area (Å²) in [6.07, 6.45) is 1.43. The van der Waals surface area contributed by atoms with E-state index in [-0.39, 0.29) is 24.0 Å². The number of amides is 2. The summed E-state index contributed by atoms with van der Waals surface area (Å²) in [7, 11) is 0. The van der Waals surface area contributed by atoms with Gasteiger partial charge in [-0.1, -0.05) is 49.7 Å². The fourth-order valence-corrected chi connectivity index (χ4v) is 3.91. The van der Waals surface area contributed by atoms with Gasteiger partial charge in [-0.25, -0.2) is 0 Å². The lowest BCUT2D eigenvalue weighted by Gasteiger charge is -2.33. The first-order valence-electron chi connectivity index (χ1n) is 11.1. The largest absolute Gasteiger partial charge is 0.483 e. The first kappa shape index (κ1) is 25.9. The number of hydrogen-bond acceptors (Lipinski definition) is 3. The Labute approximate surface area is 200 Å². The maximum absolute atomic E-state index is 13.3. The number of carbonyl (C=O) groups is 2. The van der Waals surface area contributed by atoms with Gasteiger partial charge < -0.3 is 15.0 Å². The Hall–Kier alpha value is -2.34. The van der Waals surface area contributed by atoms with Crippen molar-refractivity contribution in [2.45, 2.75) is 72.5 Å². The maximum Gasteiger partial charge on any atom is 0.261 e. The van der Waals surface area contributed by atoms with Crippen LogP contribution >= 0.6 is 15.9 Å². The number of nitrogens with one attached hydrogen (secondary N) is 1. The van der Waals surface area contributed by atoms with E-state index in [1.54, 1.807) is 4.90 Å². The van der Waals surface area contributed by atoms with Gasteiger partial charge in [0, 0.05) is 12.1 Å². The fourth-order valence-electron chi connectivity index (χ4n) is 3.37. The van der Waals surface area contributed by atoms with E-state index in [1.807, 2.05) is 77.1 Å². The van der Waals surface area contributed by atoms with Gasteiger partial charge in [0.25, 0.3) is 5.91 Å². The van der Waals surface area contributed by atoms with Crippen molar-refractivity contribution in [1.29, 1.82) is 0 Å². The van der Waals surface area contributed by atoms with Crippen LogP contribution in [-0.2, 0) is 22.6 Å². The molecular weight excluding hydrogens is 468 g/mol. The summed E-state index contributed by atoms with van der Waals surface area (Å²) < 4.78 is 6.65. The minimum absolute atomic E-state index is 0.144. The van der Waals surface area contributed by atoms with Crippen LogP contribution in [0.25, 0.3) is 0 Å². The molecule has 0 saturated heterocycles. The summed E-state index contributed by atoms with van der Waals surface area (Å²) in [5.74, 6) is 0.222. The van der Waals surface area contributed by atoms with Crippen LogP contribution in [0, 0.1) is 6.92 Å². The summed E-state index contributed by atoms with van der Waals surface area (Å²) in [4.78, 5) is 27.9. The van der Waals surface area contributed by atoms with Crippen molar-refractivity contribution in [1.82, 2.24) is 10.2 Å². The van der Waals surface area contributed by atoms with Gasteiger partial charge in [0.05, 0.1) is 4.47 Å². The molecule has 32 heavy (non-hydrogen) atoms. The summed E-state index contributed by atoms with van der Waals surface area (Å²) in [6, 6.07) is 13.3. The number of ether oxygens (including phenoxy) is 1. The highest BCUT2D eigenvalue weighted by Gasteiger charge is 2.31. The van der Waals surface area contributed by atoms with E-state index in [0.717, 1.165) is 22.0 Å². The van der Waals surface area contributed by atoms with Crippen LogP contribution in [0.4, 0.5) is 0 Å². The van der Waals surface area contributed by atoms with Crippen LogP contribution in [0.15, 0.2) is 46.9 Å². The second-order valence-electron chi connectivity index (χ2n) is 9.08. The van der Waals surface area contributed by atoms with Gasteiger partial charge in [-0.3, -0.25) is 9.59 Å². The first-order valence-corrected chi connectivity index (χ1v) is 11.9. The molecule has 0 saturated carbocycles. The van der Waals surface area contributed by atoms with Crippen molar-refractivity contribution in [2.75, 3.05) is 6.61 Å². The van der Waals surface area contributed by atoms with Gasteiger partial charge >= 0.3 is 0 Å². The lowest BCUT2D eigenvalue weighted by molar-refractivity contribution is -0.143. The highest BCUT2D eigenvalue weighted by molar-refractivity contribution is 9.10. The molecule has 0 heterocycles. The molecule has 6 heteroatoms. The molecule has 1 N–H and O–H groups in total. The number of rotatable bonds is 9. The van der Waals surface area contributed by atoms with Crippen LogP contribution in [-0.4, -0.2) is 34.9 Å². The van der Waals surface area contributed by atoms with E-state index in [4.69, 9.17) is 4.74 Å². The highest BCUT2D eigenvalue weighted by atomic mass is 79.9. The lowest BCUT2D eigenvalue weighted by Crippen LogP contribution is -2.54. The van der Waals surface area contributed by atoms with Crippen LogP contribution in [0.1, 0.15) is 57.7 Å². The molecule has 2 amide bonds. The average Bonchev–Trinajstić information content (AvgIpc) is 2.72. The van der Waals surface area contributed by atoms with E-state index in [0.29, 0.717) is 18.7 Å². The van der Waals surface area contributed by atoms with Crippen LogP contribution in [0.5, 0.6) is 5.75 Å². The third kappa shape index (κ3) is 7.66. The number of hydrogen-bond donors (Lipinski definition) is 1. The molecule has 2 aromatic rings. The molecule has 0 aliphatic heterocycles. The molecule has 0 aliphatic rings. The zero-order valence-electron chi connectivity index (χ0n) is 20.0. The van der Waals surface area contributed by atoms with Gasteiger partial charge in [-0.05, 0) is 79.7 Å². The summed E-state index contributed by atoms with van der Waals surface area (Å²) in [5.41, 5.74) is 2.92. The molecule has 5 nitrogen and oxygen atoms in total. The molecular formula is C26H35BrN2O3. The minimum atomic E-state index is -0.586. The molecule has 2 rings (SSSR count). The zero-order chi connectivity index (χ0) is 23.9. The van der Waals surface area contributed by atoms with Crippen molar-refractivity contribution in [3.05, 3.63) is 63.6 Å². The second kappa shape index (κ2) is 11.5. The van der Waals surface area contributed by atoms with Crippen molar-refractivity contribution in [2.24, 2.45) is 0 Å². The standard InChI is InChI=1S/C26H35BrN2O3/c1-7-19-13-14-23(21(27)15-19)32-17-24(30)29(16-20-11-9-18(3)10-12-20)22(8-2)25(31)28-26(4,5)6/h9-15,22H,7-8,16-17H2,1-6H3,(H,28,31)/t22-/m1/s1. The van der Waals surface area contributed by atoms with Gasteiger partial charge in [0.1, 0.15) is 11.8 Å². The number of benzene rings is 2. The van der Waals surface area contributed by atoms with Gasteiger partial charge in [-0.15, -0.1) is 0 Å². The molecule has 0 aliphatic carbocycles. The van der Waals surface area contributed by atoms with Gasteiger partial charge in [0.2, 0.25) is 5.91 Å². The first-order chi connectivity index (χ1) is 15.0. The Bertz CT molecular complexity index is 920. The van der Waals surface area contributed by atoms with Crippen LogP contribution < -0.4 is 10.1 Å². The van der Waals surface area contributed by atoms with Gasteiger partial charge in [-0.2, -0.15) is 0 Å². The van der Waals surface area contributed by atoms with Crippen molar-refractivity contribution >= 4 is 27.7 Å². The molecule has 1 atom stereocenters. The number of halogens is 1. The van der Waals surface area contributed by atoms with Crippen LogP contribution in [0.3, 0.4) is 0 Å². The van der Waals surface area contributed by atoms with E-state index in [2.05, 4.69) is 28.2 Å². The predicted molar refractivity (Wildman–Crippen MR) is 133 cm³/mol. The molecule has 0 fully saturated rings. The van der Waals surface area contributed by atoms with E-state index in [1.165, 1.54) is 5.56 Å². The number of nitrogens with zero attached hydrogens (tertiary/aromatic N) is 1. The Morgan fingerprint density at radius 1 is 1.06 bits per heavy atom. The third-order valence-electron chi connectivity index (χ3n) is 5.11. The van der Waals surface area contributed by atoms with E-state index < -0.39 is 6.04 Å². The molecule has 2 aromatic carbocycles. The Kier molecular flexibility index (Phi) is 9.32. The van der Waals surface area contributed by atoms with E-state index >= 15 is 0 Å². The summed E-state index contributed by atoms with van der Waals surface area (Å²) in [6.45, 7) is 12.0. The summed E-state index contributed by atoms with van der Waals surface area (Å²) in [5, 5.41) is 3.01. The number of carbonyl (C=O) groups excluding carboxylic acids is 2. The Balaban J connectivity index is 2.24. The Morgan fingerprint density at radius 3 is 2.22 bits per heavy atom. The zero-order valence-corrected chi connectivity index (χ0v) is 21.6. The second-order valence-corrected chi connectivity index (χ2v) is 9.93. The molecule has 0 spiro atoms. The maximum atomic E-state index is 13.3. The molecule has 0 radical (unpaired) electrons. The topological polar surface area (TPSA) is 58.6 Å². The predicted octanol–water partition coefficient (Wildman–Crippen LogP) is 5.42. The quantitative estimate of drug-likeness (QED) is 0.497. The highest BCUT2D eigenvalue weighted by Crippen LogP contribution is 2.26. The fraction of sp³-hybridized carbons (Fsp3) is 0.462. The average molecular weight is 503 g/mol. The van der Waals surface area contributed by atoms with Crippen molar-refractivity contribution < 1.29 is 14.3 Å². The molecule has 0 aromatic heterocycles. The van der Waals surface area contributed by atoms with Gasteiger partial charge in [0.15, 0.2) is 6.61 Å². The molecule has 174 valence electrons. The number of aryl methyl sites for hydroxylation is 2. The normalized spacial score (nSPS) is 12.2. The SMILES string of the molecule is CCc1ccc(OCC(=O)N(Cc2ccc(C)cc2)[C@H](CC)C(=O)NC(C)(C)C)c(Br)c1. The van der Waals surface area contributed by atoms with E-state index in [9.17, 15) is 9.59 Å². The summed E-state index contributed by atoms with van der Waals surface area (Å²) >= 11 is 3.52. The lowest BCUT2D eigenvalue weighted by atomic mass is 10.1. The van der Waals surface area contributed by atoms with Crippen molar-refractivity contribution in [3.8, 4) is 5.75 Å².